The molecule has 0 amide bonds. The molecule has 0 rings (SSSR count). The van der Waals surface area contributed by atoms with Crippen LogP contribution in [0.15, 0.2) is 11.4 Å². The van der Waals surface area contributed by atoms with Crippen molar-refractivity contribution in [2.75, 3.05) is 0 Å². The van der Waals surface area contributed by atoms with Crippen molar-refractivity contribution < 1.29 is 20.3 Å². The molecule has 0 aliphatic rings. The first-order chi connectivity index (χ1) is 6.99. The van der Waals surface area contributed by atoms with Crippen LogP contribution in [0, 0.1) is 15.7 Å². The van der Waals surface area contributed by atoms with Gasteiger partial charge in [0.1, 0.15) is 0 Å². The van der Waals surface area contributed by atoms with Gasteiger partial charge in [0.25, 0.3) is 9.85 Å². The number of nitrogens with zero attached hydrogens (tertiary/aromatic N) is 4. The van der Waals surface area contributed by atoms with Gasteiger partial charge < -0.3 is 10.8 Å². The second-order valence-corrected chi connectivity index (χ2v) is 2.50. The Morgan fingerprint density at radius 3 is 1.67 bits per heavy atom. The molecule has 0 spiro atoms. The van der Waals surface area contributed by atoms with Gasteiger partial charge in [-0.15, -0.1) is 0 Å². The highest BCUT2D eigenvalue weighted by atomic mass is 16.6. The molecule has 0 atom stereocenters. The first kappa shape index (κ1) is 12.7. The van der Waals surface area contributed by atoms with Crippen LogP contribution in [0.1, 0.15) is 13.3 Å². The van der Waals surface area contributed by atoms with E-state index in [4.69, 9.17) is 21.2 Å². The van der Waals surface area contributed by atoms with E-state index in [0.29, 0.717) is 0 Å². The van der Waals surface area contributed by atoms with Gasteiger partial charge in [-0.05, 0) is 6.42 Å². The van der Waals surface area contributed by atoms with E-state index in [0.717, 1.165) is 0 Å². The molecular weight excluding hydrogens is 204 g/mol. The van der Waals surface area contributed by atoms with Crippen LogP contribution >= 0.6 is 0 Å². The average molecular weight is 212 g/mol. The summed E-state index contributed by atoms with van der Waals surface area (Å²) in [5, 5.41) is 34.1. The molecule has 8 nitrogen and oxygen atoms in total. The highest BCUT2D eigenvalue weighted by molar-refractivity contribution is 5.64. The fourth-order valence-electron chi connectivity index (χ4n) is 1.02. The quantitative estimate of drug-likeness (QED) is 0.510. The minimum Gasteiger partial charge on any atom is -0.758 e. The Morgan fingerprint density at radius 1 is 1.20 bits per heavy atom. The fraction of sp³-hybridized carbons (Fsp3) is 0.429. The number of rotatable bonds is 5. The molecule has 0 fully saturated rings. The smallest absolute Gasteiger partial charge is 0.327 e. The highest BCUT2D eigenvalue weighted by Crippen LogP contribution is 2.20. The molecule has 0 heterocycles. The van der Waals surface area contributed by atoms with E-state index in [1.807, 2.05) is 0 Å². The summed E-state index contributed by atoms with van der Waals surface area (Å²) in [6, 6.07) is 0. The Morgan fingerprint density at radius 2 is 1.53 bits per heavy atom. The average Bonchev–Trinajstić information content (AvgIpc) is 2.16. The topological polar surface area (TPSA) is 125 Å². The van der Waals surface area contributed by atoms with Crippen molar-refractivity contribution in [1.82, 2.24) is 0 Å². The summed E-state index contributed by atoms with van der Waals surface area (Å²) < 4.78 is 0. The van der Waals surface area contributed by atoms with Gasteiger partial charge in [0, 0.05) is 0 Å². The second-order valence-electron chi connectivity index (χ2n) is 2.50. The van der Waals surface area contributed by atoms with E-state index < -0.39 is 27.2 Å². The highest BCUT2D eigenvalue weighted by Gasteiger charge is 2.38. The Labute approximate surface area is 84.2 Å². The summed E-state index contributed by atoms with van der Waals surface area (Å²) in [5.41, 5.74) is -1.46. The molecule has 0 aromatic rings. The Balaban J connectivity index is 5.43. The van der Waals surface area contributed by atoms with E-state index in [1.54, 1.807) is 0 Å². The summed E-state index contributed by atoms with van der Waals surface area (Å²) in [4.78, 5) is 19.6. The van der Waals surface area contributed by atoms with Crippen molar-refractivity contribution >= 4 is 11.7 Å². The molecule has 0 aliphatic carbocycles. The Bertz CT molecular complexity index is 354. The molecule has 0 unspecified atom stereocenters. The summed E-state index contributed by atoms with van der Waals surface area (Å²) >= 11 is 0. The van der Waals surface area contributed by atoms with Crippen molar-refractivity contribution in [2.24, 2.45) is 5.92 Å². The van der Waals surface area contributed by atoms with Gasteiger partial charge in [-0.25, -0.2) is 10.4 Å². The number of hydrogen-bond acceptors (Lipinski definition) is 2. The third kappa shape index (κ3) is 2.84. The van der Waals surface area contributed by atoms with Gasteiger partial charge in [0.2, 0.25) is 0 Å². The summed E-state index contributed by atoms with van der Waals surface area (Å²) in [6.45, 7) is 1.48. The van der Waals surface area contributed by atoms with Crippen molar-refractivity contribution in [1.29, 1.82) is 0 Å². The van der Waals surface area contributed by atoms with E-state index in [2.05, 4.69) is 0 Å². The van der Waals surface area contributed by atoms with Gasteiger partial charge in [-0.2, -0.15) is 11.7 Å². The van der Waals surface area contributed by atoms with Crippen molar-refractivity contribution in [3.63, 3.8) is 0 Å². The zero-order valence-electron chi connectivity index (χ0n) is 7.78. The first-order valence-electron chi connectivity index (χ1n) is 3.85. The molecule has 0 aromatic carbocycles. The van der Waals surface area contributed by atoms with Crippen LogP contribution < -0.4 is 0 Å². The Hall–Kier alpha value is -2.30. The van der Waals surface area contributed by atoms with Gasteiger partial charge in [-0.1, -0.05) is 6.92 Å². The molecule has 0 bridgehead atoms. The molecule has 0 aromatic heterocycles. The zero-order valence-corrected chi connectivity index (χ0v) is 7.78. The zero-order chi connectivity index (χ0) is 12.0. The van der Waals surface area contributed by atoms with Crippen LogP contribution in [0.2, 0.25) is 0 Å². The molecule has 2 N–H and O–H groups in total. The maximum absolute atomic E-state index is 10.5. The predicted octanol–water partition coefficient (Wildman–Crippen LogP) is 0.595. The molecule has 8 heteroatoms. The normalized spacial score (nSPS) is 10.7. The van der Waals surface area contributed by atoms with Gasteiger partial charge in [0.15, 0.2) is 5.92 Å². The second kappa shape index (κ2) is 5.43. The van der Waals surface area contributed by atoms with Gasteiger partial charge >= 0.3 is 11.4 Å². The molecule has 80 valence electrons. The fourth-order valence-corrected chi connectivity index (χ4v) is 1.02. The summed E-state index contributed by atoms with van der Waals surface area (Å²) in [5.74, 6) is 1.48. The third-order valence-corrected chi connectivity index (χ3v) is 1.71. The van der Waals surface area contributed by atoms with Crippen molar-refractivity contribution in [2.45, 2.75) is 13.3 Å². The summed E-state index contributed by atoms with van der Waals surface area (Å²) in [7, 11) is 0. The lowest BCUT2D eigenvalue weighted by Crippen LogP contribution is -2.21. The van der Waals surface area contributed by atoms with Crippen LogP contribution in [0.4, 0.5) is 0 Å². The van der Waals surface area contributed by atoms with E-state index in [9.17, 15) is 9.81 Å². The lowest BCUT2D eigenvalue weighted by Gasteiger charge is -2.02. The molecule has 0 aliphatic heterocycles. The van der Waals surface area contributed by atoms with Crippen LogP contribution in [-0.4, -0.2) is 32.0 Å². The van der Waals surface area contributed by atoms with Crippen LogP contribution in [0.25, 0.3) is 10.8 Å². The monoisotopic (exact) mass is 212 g/mol. The SMILES string of the molecule is CCC(C(=C=[N-])[N+](=O)O)C(=C=[N-])[N+](=O)O. The van der Waals surface area contributed by atoms with Crippen LogP contribution in [0.5, 0.6) is 0 Å². The molecule has 0 radical (unpaired) electrons. The number of hydrogen-bond donors (Lipinski definition) is 2. The minimum atomic E-state index is -1.23. The molecule has 15 heavy (non-hydrogen) atoms. The van der Waals surface area contributed by atoms with Crippen molar-refractivity contribution in [3.05, 3.63) is 32.0 Å². The molecular formula is C7H8N4O4. The lowest BCUT2D eigenvalue weighted by molar-refractivity contribution is -0.772. The largest absolute Gasteiger partial charge is 0.758 e. The van der Waals surface area contributed by atoms with Crippen molar-refractivity contribution in [3.8, 4) is 0 Å². The summed E-state index contributed by atoms with van der Waals surface area (Å²) in [6.07, 6.45) is 0.0321. The Kier molecular flexibility index (Phi) is 4.60. The maximum Gasteiger partial charge on any atom is 0.327 e. The van der Waals surface area contributed by atoms with Crippen LogP contribution in [0.3, 0.4) is 0 Å². The lowest BCUT2D eigenvalue weighted by atomic mass is 10.0. The standard InChI is InChI=1S/C7H8N4O4/c1-2-5(6(3-8)10(12)13)7(4-9)11(14)15/h5H,2H2,1H3,(H,12,13)(H,14,15). The van der Waals surface area contributed by atoms with Gasteiger partial charge in [-0.3, -0.25) is 0 Å². The van der Waals surface area contributed by atoms with E-state index in [-0.39, 0.29) is 6.42 Å². The van der Waals surface area contributed by atoms with E-state index >= 15 is 0 Å². The molecule has 0 saturated carbocycles. The van der Waals surface area contributed by atoms with E-state index in [1.165, 1.54) is 18.7 Å². The first-order valence-corrected chi connectivity index (χ1v) is 3.85. The minimum absolute atomic E-state index is 0.0321. The predicted molar refractivity (Wildman–Crippen MR) is 48.4 cm³/mol. The van der Waals surface area contributed by atoms with Gasteiger partial charge in [0.05, 0.1) is 9.81 Å². The van der Waals surface area contributed by atoms with Crippen LogP contribution in [-0.2, 0) is 0 Å². The third-order valence-electron chi connectivity index (χ3n) is 1.71. The molecule has 0 saturated heterocycles. The maximum atomic E-state index is 10.5.